The minimum absolute atomic E-state index is 0.802. The summed E-state index contributed by atoms with van der Waals surface area (Å²) in [5, 5.41) is 0. The molecule has 0 amide bonds. The van der Waals surface area contributed by atoms with E-state index in [9.17, 15) is 0 Å². The molecule has 0 spiro atoms. The van der Waals surface area contributed by atoms with Crippen molar-refractivity contribution in [2.45, 2.75) is 6.92 Å². The zero-order valence-electron chi connectivity index (χ0n) is 8.86. The SMILES string of the molecule is Cc1cn(C)c(C#Cc2ccccc2)n1. The topological polar surface area (TPSA) is 17.8 Å². The second kappa shape index (κ2) is 4.02. The number of rotatable bonds is 0. The van der Waals surface area contributed by atoms with Crippen LogP contribution in [0.2, 0.25) is 0 Å². The van der Waals surface area contributed by atoms with Gasteiger partial charge in [0.05, 0.1) is 5.69 Å². The zero-order chi connectivity index (χ0) is 10.7. The molecule has 2 rings (SSSR count). The number of aromatic nitrogens is 2. The Morgan fingerprint density at radius 1 is 1.13 bits per heavy atom. The fourth-order valence-electron chi connectivity index (χ4n) is 1.38. The van der Waals surface area contributed by atoms with E-state index in [4.69, 9.17) is 0 Å². The van der Waals surface area contributed by atoms with Crippen molar-refractivity contribution < 1.29 is 0 Å². The predicted octanol–water partition coefficient (Wildman–Crippen LogP) is 2.13. The summed E-state index contributed by atoms with van der Waals surface area (Å²) in [7, 11) is 1.95. The van der Waals surface area contributed by atoms with Crippen molar-refractivity contribution in [2.24, 2.45) is 7.05 Å². The van der Waals surface area contributed by atoms with Crippen LogP contribution in [0.25, 0.3) is 0 Å². The van der Waals surface area contributed by atoms with Crippen LogP contribution in [0.1, 0.15) is 17.1 Å². The third-order valence-electron chi connectivity index (χ3n) is 2.09. The largest absolute Gasteiger partial charge is 0.327 e. The molecule has 0 aliphatic rings. The average Bonchev–Trinajstić information content (AvgIpc) is 2.56. The lowest BCUT2D eigenvalue weighted by molar-refractivity contribution is 0.893. The van der Waals surface area contributed by atoms with E-state index in [-0.39, 0.29) is 0 Å². The van der Waals surface area contributed by atoms with Crippen LogP contribution in [0.3, 0.4) is 0 Å². The minimum Gasteiger partial charge on any atom is -0.327 e. The van der Waals surface area contributed by atoms with E-state index in [0.717, 1.165) is 17.1 Å². The van der Waals surface area contributed by atoms with Crippen LogP contribution in [0.4, 0.5) is 0 Å². The van der Waals surface area contributed by atoms with E-state index in [0.29, 0.717) is 0 Å². The molecular weight excluding hydrogens is 184 g/mol. The zero-order valence-corrected chi connectivity index (χ0v) is 8.86. The van der Waals surface area contributed by atoms with E-state index in [2.05, 4.69) is 16.8 Å². The predicted molar refractivity (Wildman–Crippen MR) is 60.4 cm³/mol. The molecule has 0 saturated heterocycles. The van der Waals surface area contributed by atoms with Crippen LogP contribution in [0.15, 0.2) is 36.5 Å². The number of aryl methyl sites for hydroxylation is 2. The van der Waals surface area contributed by atoms with E-state index in [1.54, 1.807) is 0 Å². The minimum atomic E-state index is 0.802. The second-order valence-corrected chi connectivity index (χ2v) is 3.43. The quantitative estimate of drug-likeness (QED) is 0.590. The highest BCUT2D eigenvalue weighted by atomic mass is 15.0. The molecule has 2 nitrogen and oxygen atoms in total. The first-order valence-electron chi connectivity index (χ1n) is 4.83. The van der Waals surface area contributed by atoms with Gasteiger partial charge in [-0.15, -0.1) is 0 Å². The summed E-state index contributed by atoms with van der Waals surface area (Å²) >= 11 is 0. The Balaban J connectivity index is 2.30. The molecule has 0 aliphatic carbocycles. The second-order valence-electron chi connectivity index (χ2n) is 3.43. The number of hydrogen-bond donors (Lipinski definition) is 0. The maximum atomic E-state index is 4.31. The molecule has 2 heteroatoms. The van der Waals surface area contributed by atoms with Gasteiger partial charge in [-0.25, -0.2) is 4.98 Å². The Bertz CT molecular complexity index is 512. The van der Waals surface area contributed by atoms with Gasteiger partial charge in [0.2, 0.25) is 0 Å². The highest BCUT2D eigenvalue weighted by Crippen LogP contribution is 1.99. The van der Waals surface area contributed by atoms with Gasteiger partial charge in [-0.1, -0.05) is 24.1 Å². The van der Waals surface area contributed by atoms with Gasteiger partial charge in [0, 0.05) is 18.8 Å². The van der Waals surface area contributed by atoms with Crippen LogP contribution < -0.4 is 0 Å². The molecular formula is C13H12N2. The lowest BCUT2D eigenvalue weighted by Gasteiger charge is -1.90. The Labute approximate surface area is 89.6 Å². The Kier molecular flexibility index (Phi) is 2.55. The third kappa shape index (κ3) is 2.26. The monoisotopic (exact) mass is 196 g/mol. The first-order chi connectivity index (χ1) is 7.25. The highest BCUT2D eigenvalue weighted by molar-refractivity contribution is 5.38. The van der Waals surface area contributed by atoms with E-state index in [1.807, 2.05) is 55.1 Å². The molecule has 0 unspecified atom stereocenters. The Morgan fingerprint density at radius 2 is 1.87 bits per heavy atom. The summed E-state index contributed by atoms with van der Waals surface area (Å²) in [5.41, 5.74) is 2.01. The van der Waals surface area contributed by atoms with Gasteiger partial charge in [-0.05, 0) is 25.0 Å². The van der Waals surface area contributed by atoms with Crippen molar-refractivity contribution in [3.8, 4) is 11.8 Å². The summed E-state index contributed by atoms with van der Waals surface area (Å²) < 4.78 is 1.94. The van der Waals surface area contributed by atoms with Crippen LogP contribution in [0.5, 0.6) is 0 Å². The molecule has 0 radical (unpaired) electrons. The molecule has 0 atom stereocenters. The molecule has 1 heterocycles. The summed E-state index contributed by atoms with van der Waals surface area (Å²) in [4.78, 5) is 4.31. The van der Waals surface area contributed by atoms with Gasteiger partial charge >= 0.3 is 0 Å². The highest BCUT2D eigenvalue weighted by Gasteiger charge is 1.96. The van der Waals surface area contributed by atoms with Gasteiger partial charge in [0.15, 0.2) is 5.82 Å². The molecule has 0 fully saturated rings. The van der Waals surface area contributed by atoms with Crippen LogP contribution in [-0.4, -0.2) is 9.55 Å². The molecule has 0 N–H and O–H groups in total. The standard InChI is InChI=1S/C13H12N2/c1-11-10-15(2)13(14-11)9-8-12-6-4-3-5-7-12/h3-7,10H,1-2H3. The van der Waals surface area contributed by atoms with Crippen molar-refractivity contribution in [1.29, 1.82) is 0 Å². The van der Waals surface area contributed by atoms with Gasteiger partial charge in [-0.2, -0.15) is 0 Å². The maximum absolute atomic E-state index is 4.31. The number of imidazole rings is 1. The van der Waals surface area contributed by atoms with E-state index >= 15 is 0 Å². The first-order valence-corrected chi connectivity index (χ1v) is 4.83. The van der Waals surface area contributed by atoms with Gasteiger partial charge in [0.25, 0.3) is 0 Å². The van der Waals surface area contributed by atoms with Crippen molar-refractivity contribution >= 4 is 0 Å². The smallest absolute Gasteiger partial charge is 0.185 e. The van der Waals surface area contributed by atoms with E-state index in [1.165, 1.54) is 0 Å². The first kappa shape index (κ1) is 9.54. The van der Waals surface area contributed by atoms with Crippen molar-refractivity contribution in [2.75, 3.05) is 0 Å². The van der Waals surface area contributed by atoms with Gasteiger partial charge in [-0.3, -0.25) is 0 Å². The number of nitrogens with zero attached hydrogens (tertiary/aromatic N) is 2. The van der Waals surface area contributed by atoms with Crippen molar-refractivity contribution in [3.05, 3.63) is 53.6 Å². The molecule has 1 aromatic carbocycles. The van der Waals surface area contributed by atoms with Gasteiger partial charge in [0.1, 0.15) is 0 Å². The van der Waals surface area contributed by atoms with Crippen molar-refractivity contribution in [1.82, 2.24) is 9.55 Å². The maximum Gasteiger partial charge on any atom is 0.185 e. The van der Waals surface area contributed by atoms with Crippen molar-refractivity contribution in [3.63, 3.8) is 0 Å². The number of benzene rings is 1. The Morgan fingerprint density at radius 3 is 2.47 bits per heavy atom. The molecule has 0 aliphatic heterocycles. The fourth-order valence-corrected chi connectivity index (χ4v) is 1.38. The summed E-state index contributed by atoms with van der Waals surface area (Å²) in [6.45, 7) is 1.97. The molecule has 0 saturated carbocycles. The molecule has 2 aromatic rings. The van der Waals surface area contributed by atoms with Crippen LogP contribution >= 0.6 is 0 Å². The van der Waals surface area contributed by atoms with Crippen LogP contribution in [-0.2, 0) is 7.05 Å². The molecule has 15 heavy (non-hydrogen) atoms. The molecule has 0 bridgehead atoms. The normalized spacial score (nSPS) is 9.47. The van der Waals surface area contributed by atoms with Gasteiger partial charge < -0.3 is 4.57 Å². The average molecular weight is 196 g/mol. The number of hydrogen-bond acceptors (Lipinski definition) is 1. The van der Waals surface area contributed by atoms with Crippen LogP contribution in [0, 0.1) is 18.8 Å². The molecule has 74 valence electrons. The lowest BCUT2D eigenvalue weighted by Crippen LogP contribution is -1.90. The van der Waals surface area contributed by atoms with E-state index < -0.39 is 0 Å². The summed E-state index contributed by atoms with van der Waals surface area (Å²) in [6.07, 6.45) is 1.97. The summed E-state index contributed by atoms with van der Waals surface area (Å²) in [5.74, 6) is 6.94. The lowest BCUT2D eigenvalue weighted by atomic mass is 10.2. The summed E-state index contributed by atoms with van der Waals surface area (Å²) in [6, 6.07) is 9.92. The third-order valence-corrected chi connectivity index (χ3v) is 2.09. The fraction of sp³-hybridized carbons (Fsp3) is 0.154. The Hall–Kier alpha value is -2.01. The molecule has 1 aromatic heterocycles.